The number of ether oxygens (including phenoxy) is 2. The number of hydrogen-bond donors (Lipinski definition) is 1. The van der Waals surface area contributed by atoms with Crippen LogP contribution in [0.2, 0.25) is 5.02 Å². The number of amides is 2. The van der Waals surface area contributed by atoms with Crippen LogP contribution in [0.15, 0.2) is 36.4 Å². The van der Waals surface area contributed by atoms with Gasteiger partial charge in [-0.05, 0) is 49.2 Å². The van der Waals surface area contributed by atoms with E-state index in [1.165, 1.54) is 0 Å². The monoisotopic (exact) mass is 443 g/mol. The third-order valence-corrected chi connectivity index (χ3v) is 6.39. The average Bonchev–Trinajstić information content (AvgIpc) is 3.35. The van der Waals surface area contributed by atoms with Crippen molar-refractivity contribution < 1.29 is 19.1 Å². The maximum absolute atomic E-state index is 13.8. The quantitative estimate of drug-likeness (QED) is 0.768. The molecule has 2 amide bonds. The van der Waals surface area contributed by atoms with Crippen molar-refractivity contribution in [3.63, 3.8) is 0 Å². The van der Waals surface area contributed by atoms with Gasteiger partial charge in [-0.1, -0.05) is 11.6 Å². The second-order valence-corrected chi connectivity index (χ2v) is 8.44. The van der Waals surface area contributed by atoms with E-state index in [4.69, 9.17) is 21.1 Å². The summed E-state index contributed by atoms with van der Waals surface area (Å²) in [6, 6.07) is 10.3. The number of fused-ring (bicyclic) bond motifs is 1. The van der Waals surface area contributed by atoms with Crippen molar-refractivity contribution >= 4 is 29.1 Å². The second-order valence-electron chi connectivity index (χ2n) is 8.00. The van der Waals surface area contributed by atoms with E-state index in [9.17, 15) is 9.59 Å². The minimum Gasteiger partial charge on any atom is -0.497 e. The molecule has 2 aromatic carbocycles. The fraction of sp³-hybridized carbons (Fsp3) is 0.391. The molecule has 1 N–H and O–H groups in total. The maximum Gasteiger partial charge on any atom is 0.254 e. The van der Waals surface area contributed by atoms with Crippen LogP contribution in [0.1, 0.15) is 24.0 Å². The van der Waals surface area contributed by atoms with Crippen molar-refractivity contribution in [2.75, 3.05) is 40.2 Å². The van der Waals surface area contributed by atoms with Crippen LogP contribution in [-0.4, -0.2) is 62.5 Å². The number of nitrogens with one attached hydrogen (secondary N) is 1. The van der Waals surface area contributed by atoms with Crippen molar-refractivity contribution in [3.05, 3.63) is 52.5 Å². The van der Waals surface area contributed by atoms with Gasteiger partial charge in [0.1, 0.15) is 11.5 Å². The number of carbonyl (C=O) groups is 2. The van der Waals surface area contributed by atoms with Crippen LogP contribution in [-0.2, 0) is 15.1 Å². The summed E-state index contributed by atoms with van der Waals surface area (Å²) in [5, 5.41) is 3.52. The molecular weight excluding hydrogens is 418 g/mol. The van der Waals surface area contributed by atoms with Crippen molar-refractivity contribution in [2.24, 2.45) is 0 Å². The van der Waals surface area contributed by atoms with Crippen molar-refractivity contribution in [3.8, 4) is 11.5 Å². The molecule has 4 rings (SSSR count). The Morgan fingerprint density at radius 3 is 2.61 bits per heavy atom. The maximum atomic E-state index is 13.8. The molecule has 0 bridgehead atoms. The van der Waals surface area contributed by atoms with Crippen LogP contribution in [0.5, 0.6) is 11.5 Å². The lowest BCUT2D eigenvalue weighted by Crippen LogP contribution is -2.57. The first-order chi connectivity index (χ1) is 14.8. The van der Waals surface area contributed by atoms with Crippen molar-refractivity contribution in [2.45, 2.75) is 24.4 Å². The van der Waals surface area contributed by atoms with Gasteiger partial charge >= 0.3 is 0 Å². The molecule has 2 atom stereocenters. The molecule has 7 nitrogen and oxygen atoms in total. The summed E-state index contributed by atoms with van der Waals surface area (Å²) in [5.74, 6) is 0.844. The van der Waals surface area contributed by atoms with Crippen LogP contribution >= 0.6 is 11.6 Å². The number of carbonyl (C=O) groups excluding carboxylic acids is 2. The number of benzene rings is 2. The fourth-order valence-corrected chi connectivity index (χ4v) is 4.96. The van der Waals surface area contributed by atoms with Gasteiger partial charge < -0.3 is 19.7 Å². The zero-order valence-corrected chi connectivity index (χ0v) is 18.8. The number of nitrogens with zero attached hydrogens (tertiary/aromatic N) is 2. The van der Waals surface area contributed by atoms with Crippen molar-refractivity contribution in [1.29, 1.82) is 0 Å². The highest BCUT2D eigenvalue weighted by molar-refractivity contribution is 6.31. The highest BCUT2D eigenvalue weighted by Gasteiger charge is 2.58. The van der Waals surface area contributed by atoms with E-state index in [-0.39, 0.29) is 11.8 Å². The van der Waals surface area contributed by atoms with Gasteiger partial charge in [-0.15, -0.1) is 0 Å². The summed E-state index contributed by atoms with van der Waals surface area (Å²) in [7, 11) is 6.61. The number of likely N-dealkylation sites (tertiary alicyclic amines) is 1. The van der Waals surface area contributed by atoms with Gasteiger partial charge in [-0.3, -0.25) is 14.5 Å². The molecule has 31 heavy (non-hydrogen) atoms. The third kappa shape index (κ3) is 3.23. The highest BCUT2D eigenvalue weighted by Crippen LogP contribution is 2.52. The molecule has 2 aromatic rings. The number of likely N-dealkylation sites (N-methyl/N-ethyl adjacent to an activating group) is 1. The molecule has 0 saturated carbocycles. The Hall–Kier alpha value is -2.77. The predicted octanol–water partition coefficient (Wildman–Crippen LogP) is 3.11. The van der Waals surface area contributed by atoms with Crippen LogP contribution in [0.25, 0.3) is 0 Å². The van der Waals surface area contributed by atoms with E-state index in [1.54, 1.807) is 63.5 Å². The lowest BCUT2D eigenvalue weighted by Gasteiger charge is -2.41. The van der Waals surface area contributed by atoms with E-state index < -0.39 is 11.6 Å². The zero-order valence-electron chi connectivity index (χ0n) is 18.1. The summed E-state index contributed by atoms with van der Waals surface area (Å²) >= 11 is 6.39. The molecule has 0 aliphatic carbocycles. The minimum absolute atomic E-state index is 0.0398. The Bertz CT molecular complexity index is 1040. The zero-order chi connectivity index (χ0) is 22.3. The number of rotatable bonds is 5. The molecule has 1 saturated heterocycles. The molecule has 0 radical (unpaired) electrons. The van der Waals surface area contributed by atoms with Gasteiger partial charge in [-0.25, -0.2) is 0 Å². The van der Waals surface area contributed by atoms with Gasteiger partial charge in [0.15, 0.2) is 5.54 Å². The summed E-state index contributed by atoms with van der Waals surface area (Å²) < 4.78 is 11.2. The summed E-state index contributed by atoms with van der Waals surface area (Å²) in [5.41, 5.74) is 0.705. The highest BCUT2D eigenvalue weighted by atomic mass is 35.5. The molecule has 1 unspecified atom stereocenters. The molecule has 164 valence electrons. The lowest BCUT2D eigenvalue weighted by atomic mass is 9.80. The second kappa shape index (κ2) is 8.05. The third-order valence-electron chi connectivity index (χ3n) is 6.15. The van der Waals surface area contributed by atoms with Gasteiger partial charge in [0.25, 0.3) is 5.91 Å². The molecule has 2 aliphatic rings. The Balaban J connectivity index is 2.04. The van der Waals surface area contributed by atoms with E-state index in [2.05, 4.69) is 5.32 Å². The fourth-order valence-electron chi connectivity index (χ4n) is 4.79. The Morgan fingerprint density at radius 1 is 1.16 bits per heavy atom. The summed E-state index contributed by atoms with van der Waals surface area (Å²) in [6.45, 7) is 0.573. The smallest absolute Gasteiger partial charge is 0.254 e. The topological polar surface area (TPSA) is 71.1 Å². The number of anilines is 1. The average molecular weight is 444 g/mol. The molecule has 0 spiro atoms. The summed E-state index contributed by atoms with van der Waals surface area (Å²) in [6.07, 6.45) is 1.45. The lowest BCUT2D eigenvalue weighted by molar-refractivity contribution is -0.138. The van der Waals surface area contributed by atoms with Crippen LogP contribution in [0, 0.1) is 0 Å². The molecule has 0 aromatic heterocycles. The SMILES string of the molecule is COc1ccc(OC)c(C2(N3CCC[C@H]3C(=O)N(C)C)C(=O)Nc3ccc(Cl)cc32)c1. The number of hydrogen-bond acceptors (Lipinski definition) is 5. The first-order valence-corrected chi connectivity index (χ1v) is 10.5. The summed E-state index contributed by atoms with van der Waals surface area (Å²) in [4.78, 5) is 30.5. The molecule has 2 aliphatic heterocycles. The molecule has 2 heterocycles. The van der Waals surface area contributed by atoms with Crippen LogP contribution in [0.3, 0.4) is 0 Å². The van der Waals surface area contributed by atoms with E-state index in [0.717, 1.165) is 6.42 Å². The van der Waals surface area contributed by atoms with E-state index >= 15 is 0 Å². The predicted molar refractivity (Wildman–Crippen MR) is 119 cm³/mol. The van der Waals surface area contributed by atoms with Crippen LogP contribution in [0.4, 0.5) is 5.69 Å². The minimum atomic E-state index is -1.28. The van der Waals surface area contributed by atoms with Gasteiger partial charge in [0.2, 0.25) is 5.91 Å². The number of halogens is 1. The van der Waals surface area contributed by atoms with E-state index in [0.29, 0.717) is 46.3 Å². The molecule has 1 fully saturated rings. The standard InChI is InChI=1S/C23H26ClN3O4/c1-26(2)21(28)19-6-5-11-27(19)23(17-13-15(30-3)8-10-20(17)31-4)16-12-14(24)7-9-18(16)25-22(23)29/h7-10,12-13,19H,5-6,11H2,1-4H3,(H,25,29)/t19-,23?/m0/s1. The Kier molecular flexibility index (Phi) is 5.58. The molecule has 8 heteroatoms. The Labute approximate surface area is 186 Å². The molecular formula is C23H26ClN3O4. The van der Waals surface area contributed by atoms with Crippen molar-refractivity contribution in [1.82, 2.24) is 9.80 Å². The Morgan fingerprint density at radius 2 is 1.94 bits per heavy atom. The van der Waals surface area contributed by atoms with E-state index in [1.807, 2.05) is 11.0 Å². The normalized spacial score (nSPS) is 22.7. The first-order valence-electron chi connectivity index (χ1n) is 10.2. The van der Waals surface area contributed by atoms with Crippen LogP contribution < -0.4 is 14.8 Å². The largest absolute Gasteiger partial charge is 0.497 e. The van der Waals surface area contributed by atoms with Gasteiger partial charge in [0, 0.05) is 42.5 Å². The van der Waals surface area contributed by atoms with Gasteiger partial charge in [0.05, 0.1) is 20.3 Å². The van der Waals surface area contributed by atoms with Gasteiger partial charge in [-0.2, -0.15) is 0 Å². The number of methoxy groups -OCH3 is 2. The first kappa shape index (κ1) is 21.5.